The monoisotopic (exact) mass is 222 g/mol. The average Bonchev–Trinajstić information content (AvgIpc) is 2.67. The van der Waals surface area contributed by atoms with Crippen molar-refractivity contribution in [2.45, 2.75) is 0 Å². The molecule has 0 aliphatic rings. The van der Waals surface area contributed by atoms with E-state index >= 15 is 0 Å². The summed E-state index contributed by atoms with van der Waals surface area (Å²) in [5.74, 6) is -1.18. The third kappa shape index (κ3) is 1.85. The second-order valence-corrected chi connectivity index (χ2v) is 3.34. The molecule has 0 bridgehead atoms. The molecule has 0 aliphatic carbocycles. The lowest BCUT2D eigenvalue weighted by atomic mass is 10.2. The number of hydrogen-bond donors (Lipinski definition) is 2. The smallest absolute Gasteiger partial charge is 0.371 e. The van der Waals surface area contributed by atoms with Gasteiger partial charge in [-0.25, -0.2) is 9.78 Å². The third-order valence-corrected chi connectivity index (χ3v) is 2.27. The first kappa shape index (κ1) is 9.73. The van der Waals surface area contributed by atoms with Crippen molar-refractivity contribution in [1.29, 1.82) is 0 Å². The van der Waals surface area contributed by atoms with E-state index in [-0.39, 0.29) is 5.82 Å². The predicted molar refractivity (Wildman–Crippen MR) is 56.0 cm³/mol. The number of nitrogens with zero attached hydrogens (tertiary/aromatic N) is 1. The van der Waals surface area contributed by atoms with Gasteiger partial charge in [-0.1, -0.05) is 29.8 Å². The lowest BCUT2D eigenvalue weighted by molar-refractivity contribution is 0.0685. The molecule has 0 fully saturated rings. The molecular formula is C10H7ClN2O2. The van der Waals surface area contributed by atoms with Crippen molar-refractivity contribution in [3.63, 3.8) is 0 Å². The maximum absolute atomic E-state index is 10.6. The van der Waals surface area contributed by atoms with Gasteiger partial charge >= 0.3 is 5.97 Å². The van der Waals surface area contributed by atoms with E-state index < -0.39 is 5.97 Å². The van der Waals surface area contributed by atoms with Gasteiger partial charge in [0.25, 0.3) is 0 Å². The first-order chi connectivity index (χ1) is 7.18. The highest BCUT2D eigenvalue weighted by Gasteiger charge is 2.10. The number of aromatic carboxylic acids is 1. The SMILES string of the molecule is O=C(O)c1ncc(-c2ccccc2Cl)[nH]1. The molecule has 0 radical (unpaired) electrons. The molecule has 0 amide bonds. The highest BCUT2D eigenvalue weighted by Crippen LogP contribution is 2.25. The van der Waals surface area contributed by atoms with Crippen LogP contribution in [0.1, 0.15) is 10.6 Å². The number of H-pyrrole nitrogens is 1. The molecular weight excluding hydrogens is 216 g/mol. The Balaban J connectivity index is 2.46. The van der Waals surface area contributed by atoms with E-state index in [9.17, 15) is 4.79 Å². The molecule has 5 heteroatoms. The highest BCUT2D eigenvalue weighted by atomic mass is 35.5. The summed E-state index contributed by atoms with van der Waals surface area (Å²) < 4.78 is 0. The molecule has 2 N–H and O–H groups in total. The maximum Gasteiger partial charge on any atom is 0.371 e. The van der Waals surface area contributed by atoms with Crippen LogP contribution < -0.4 is 0 Å². The Morgan fingerprint density at radius 3 is 2.73 bits per heavy atom. The van der Waals surface area contributed by atoms with E-state index in [1.807, 2.05) is 6.07 Å². The zero-order valence-electron chi connectivity index (χ0n) is 7.57. The van der Waals surface area contributed by atoms with Gasteiger partial charge in [-0.05, 0) is 6.07 Å². The van der Waals surface area contributed by atoms with Gasteiger partial charge < -0.3 is 10.1 Å². The van der Waals surface area contributed by atoms with Crippen LogP contribution in [0, 0.1) is 0 Å². The first-order valence-corrected chi connectivity index (χ1v) is 4.59. The van der Waals surface area contributed by atoms with Crippen molar-refractivity contribution in [2.24, 2.45) is 0 Å². The van der Waals surface area contributed by atoms with Crippen LogP contribution in [0.25, 0.3) is 11.3 Å². The van der Waals surface area contributed by atoms with E-state index in [2.05, 4.69) is 9.97 Å². The average molecular weight is 223 g/mol. The van der Waals surface area contributed by atoms with E-state index in [1.54, 1.807) is 18.2 Å². The van der Waals surface area contributed by atoms with Crippen molar-refractivity contribution in [3.05, 3.63) is 41.3 Å². The number of aromatic nitrogens is 2. The number of hydrogen-bond acceptors (Lipinski definition) is 2. The Labute approximate surface area is 90.5 Å². The number of rotatable bonds is 2. The topological polar surface area (TPSA) is 66.0 Å². The number of aromatic amines is 1. The fraction of sp³-hybridized carbons (Fsp3) is 0. The van der Waals surface area contributed by atoms with Gasteiger partial charge in [-0.15, -0.1) is 0 Å². The number of carboxylic acids is 1. The molecule has 0 aliphatic heterocycles. The van der Waals surface area contributed by atoms with Gasteiger partial charge in [-0.3, -0.25) is 0 Å². The van der Waals surface area contributed by atoms with Crippen LogP contribution in [0.5, 0.6) is 0 Å². The van der Waals surface area contributed by atoms with Crippen molar-refractivity contribution in [3.8, 4) is 11.3 Å². The summed E-state index contributed by atoms with van der Waals surface area (Å²) in [6.45, 7) is 0. The summed E-state index contributed by atoms with van der Waals surface area (Å²) in [7, 11) is 0. The summed E-state index contributed by atoms with van der Waals surface area (Å²) in [5, 5.41) is 9.24. The molecule has 1 aromatic carbocycles. The van der Waals surface area contributed by atoms with Gasteiger partial charge in [0.2, 0.25) is 5.82 Å². The van der Waals surface area contributed by atoms with Crippen LogP contribution in [0.4, 0.5) is 0 Å². The molecule has 76 valence electrons. The van der Waals surface area contributed by atoms with E-state index in [0.29, 0.717) is 10.7 Å². The van der Waals surface area contributed by atoms with Gasteiger partial charge in [0.15, 0.2) is 0 Å². The summed E-state index contributed by atoms with van der Waals surface area (Å²) in [5.41, 5.74) is 1.33. The number of nitrogens with one attached hydrogen (secondary N) is 1. The zero-order chi connectivity index (χ0) is 10.8. The van der Waals surface area contributed by atoms with Crippen LogP contribution in [-0.4, -0.2) is 21.0 Å². The lowest BCUT2D eigenvalue weighted by Gasteiger charge is -1.99. The molecule has 2 aromatic rings. The van der Waals surface area contributed by atoms with Crippen LogP contribution in [0.15, 0.2) is 30.5 Å². The summed E-state index contributed by atoms with van der Waals surface area (Å²) >= 11 is 5.95. The van der Waals surface area contributed by atoms with E-state index in [0.717, 1.165) is 5.56 Å². The molecule has 2 rings (SSSR count). The fourth-order valence-electron chi connectivity index (χ4n) is 1.25. The van der Waals surface area contributed by atoms with Gasteiger partial charge in [0, 0.05) is 10.6 Å². The molecule has 0 saturated heterocycles. The minimum Gasteiger partial charge on any atom is -0.475 e. The predicted octanol–water partition coefficient (Wildman–Crippen LogP) is 2.43. The Morgan fingerprint density at radius 2 is 2.13 bits per heavy atom. The molecule has 4 nitrogen and oxygen atoms in total. The van der Waals surface area contributed by atoms with Crippen molar-refractivity contribution < 1.29 is 9.90 Å². The second-order valence-electron chi connectivity index (χ2n) is 2.93. The normalized spacial score (nSPS) is 10.2. The largest absolute Gasteiger partial charge is 0.475 e. The fourth-order valence-corrected chi connectivity index (χ4v) is 1.48. The van der Waals surface area contributed by atoms with Crippen molar-refractivity contribution in [1.82, 2.24) is 9.97 Å². The number of imidazole rings is 1. The van der Waals surface area contributed by atoms with Gasteiger partial charge in [0.05, 0.1) is 11.9 Å². The van der Waals surface area contributed by atoms with E-state index in [1.165, 1.54) is 6.20 Å². The van der Waals surface area contributed by atoms with Gasteiger partial charge in [-0.2, -0.15) is 0 Å². The number of benzene rings is 1. The molecule has 0 atom stereocenters. The van der Waals surface area contributed by atoms with Crippen molar-refractivity contribution in [2.75, 3.05) is 0 Å². The quantitative estimate of drug-likeness (QED) is 0.820. The Hall–Kier alpha value is -1.81. The molecule has 1 aromatic heterocycles. The second kappa shape index (κ2) is 3.74. The van der Waals surface area contributed by atoms with Crippen LogP contribution in [0.3, 0.4) is 0 Å². The summed E-state index contributed by atoms with van der Waals surface area (Å²) in [6, 6.07) is 7.16. The lowest BCUT2D eigenvalue weighted by Crippen LogP contribution is -1.98. The third-order valence-electron chi connectivity index (χ3n) is 1.94. The molecule has 0 unspecified atom stereocenters. The Bertz CT molecular complexity index is 508. The molecule has 1 heterocycles. The molecule has 0 saturated carbocycles. The summed E-state index contributed by atoms with van der Waals surface area (Å²) in [6.07, 6.45) is 1.45. The number of carboxylic acid groups (broad SMARTS) is 1. The van der Waals surface area contributed by atoms with Crippen LogP contribution in [0.2, 0.25) is 5.02 Å². The highest BCUT2D eigenvalue weighted by molar-refractivity contribution is 6.33. The van der Waals surface area contributed by atoms with Crippen LogP contribution >= 0.6 is 11.6 Å². The number of halogens is 1. The van der Waals surface area contributed by atoms with E-state index in [4.69, 9.17) is 16.7 Å². The molecule has 15 heavy (non-hydrogen) atoms. The Morgan fingerprint density at radius 1 is 1.40 bits per heavy atom. The Kier molecular flexibility index (Phi) is 2.43. The maximum atomic E-state index is 10.6. The molecule has 0 spiro atoms. The standard InChI is InChI=1S/C10H7ClN2O2/c11-7-4-2-1-3-6(7)8-5-12-9(13-8)10(14)15/h1-5H,(H,12,13)(H,14,15). The minimum absolute atomic E-state index is 0.0927. The number of carbonyl (C=O) groups is 1. The summed E-state index contributed by atoms with van der Waals surface area (Å²) in [4.78, 5) is 17.0. The zero-order valence-corrected chi connectivity index (χ0v) is 8.32. The first-order valence-electron chi connectivity index (χ1n) is 4.21. The van der Waals surface area contributed by atoms with Gasteiger partial charge in [0.1, 0.15) is 0 Å². The van der Waals surface area contributed by atoms with Crippen LogP contribution in [-0.2, 0) is 0 Å². The minimum atomic E-state index is -1.09. The van der Waals surface area contributed by atoms with Crippen molar-refractivity contribution >= 4 is 17.6 Å².